The average molecular weight is 546 g/mol. The molecular weight excluding hydrogens is 522 g/mol. The molecule has 0 spiro atoms. The SMILES string of the molecule is C[C@H]1[C@@H](c2ccc(F)c(F)c2OCC2(F)CNC2)[C@H](C(=O)Nc2ccnc(C(N)=O)c2)O[C@@]1(C)C(F)(F)F. The van der Waals surface area contributed by atoms with Crippen molar-refractivity contribution in [2.45, 2.75) is 43.3 Å². The van der Waals surface area contributed by atoms with Crippen LogP contribution in [0.1, 0.15) is 35.8 Å². The molecule has 2 fully saturated rings. The molecule has 2 amide bonds. The normalized spacial score (nSPS) is 26.5. The molecule has 2 aliphatic heterocycles. The molecule has 1 aromatic heterocycles. The summed E-state index contributed by atoms with van der Waals surface area (Å²) in [5.74, 6) is -8.70. The van der Waals surface area contributed by atoms with Gasteiger partial charge < -0.3 is 25.8 Å². The van der Waals surface area contributed by atoms with Crippen LogP contribution in [0, 0.1) is 17.6 Å². The van der Waals surface area contributed by atoms with E-state index in [1.54, 1.807) is 0 Å². The number of halogens is 6. The van der Waals surface area contributed by atoms with Crippen LogP contribution < -0.4 is 21.1 Å². The number of carbonyl (C=O) groups excluding carboxylic acids is 2. The first-order valence-corrected chi connectivity index (χ1v) is 11.5. The van der Waals surface area contributed by atoms with E-state index in [2.05, 4.69) is 15.6 Å². The number of pyridine rings is 1. The van der Waals surface area contributed by atoms with Crippen LogP contribution in [0.25, 0.3) is 0 Å². The number of aromatic nitrogens is 1. The molecule has 4 rings (SSSR count). The van der Waals surface area contributed by atoms with Crippen LogP contribution in [0.4, 0.5) is 32.0 Å². The number of hydrogen-bond donors (Lipinski definition) is 3. The lowest BCUT2D eigenvalue weighted by molar-refractivity contribution is -0.272. The van der Waals surface area contributed by atoms with Crippen LogP contribution in [0.5, 0.6) is 5.75 Å². The zero-order valence-corrected chi connectivity index (χ0v) is 20.2. The van der Waals surface area contributed by atoms with E-state index < -0.39 is 71.2 Å². The first kappa shape index (κ1) is 27.6. The smallest absolute Gasteiger partial charge is 0.417 e. The molecule has 8 nitrogen and oxygen atoms in total. The predicted octanol–water partition coefficient (Wildman–Crippen LogP) is 3.23. The van der Waals surface area contributed by atoms with Crippen molar-refractivity contribution >= 4 is 17.5 Å². The van der Waals surface area contributed by atoms with Crippen molar-refractivity contribution in [2.24, 2.45) is 11.7 Å². The summed E-state index contributed by atoms with van der Waals surface area (Å²) >= 11 is 0. The number of ether oxygens (including phenoxy) is 2. The van der Waals surface area contributed by atoms with Crippen LogP contribution in [-0.2, 0) is 9.53 Å². The van der Waals surface area contributed by atoms with Gasteiger partial charge in [-0.05, 0) is 25.1 Å². The topological polar surface area (TPSA) is 116 Å². The first-order valence-electron chi connectivity index (χ1n) is 11.5. The molecule has 0 aliphatic carbocycles. The molecule has 2 aromatic rings. The molecule has 14 heteroatoms. The average Bonchev–Trinajstić information content (AvgIpc) is 3.11. The van der Waals surface area contributed by atoms with Gasteiger partial charge in [0.1, 0.15) is 18.4 Å². The number of nitrogens with two attached hydrogens (primary N) is 1. The minimum absolute atomic E-state index is 0.0203. The highest BCUT2D eigenvalue weighted by Gasteiger charge is 2.66. The summed E-state index contributed by atoms with van der Waals surface area (Å²) in [5, 5.41) is 5.02. The van der Waals surface area contributed by atoms with Gasteiger partial charge in [0, 0.05) is 42.4 Å². The Morgan fingerprint density at radius 3 is 2.53 bits per heavy atom. The van der Waals surface area contributed by atoms with E-state index in [-0.39, 0.29) is 30.0 Å². The van der Waals surface area contributed by atoms with E-state index in [4.69, 9.17) is 15.2 Å². The predicted molar refractivity (Wildman–Crippen MR) is 121 cm³/mol. The van der Waals surface area contributed by atoms with Crippen molar-refractivity contribution in [3.05, 3.63) is 53.4 Å². The van der Waals surface area contributed by atoms with E-state index in [0.29, 0.717) is 6.07 Å². The summed E-state index contributed by atoms with van der Waals surface area (Å²) in [6, 6.07) is 4.04. The van der Waals surface area contributed by atoms with E-state index >= 15 is 0 Å². The number of amides is 2. The van der Waals surface area contributed by atoms with E-state index in [0.717, 1.165) is 32.2 Å². The van der Waals surface area contributed by atoms with Crippen LogP contribution in [0.15, 0.2) is 30.5 Å². The summed E-state index contributed by atoms with van der Waals surface area (Å²) in [6.45, 7) is 0.972. The van der Waals surface area contributed by atoms with Gasteiger partial charge in [-0.2, -0.15) is 17.6 Å². The minimum Gasteiger partial charge on any atom is -0.487 e. The van der Waals surface area contributed by atoms with Crippen LogP contribution in [0.3, 0.4) is 0 Å². The highest BCUT2D eigenvalue weighted by Crippen LogP contribution is 2.55. The fraction of sp³-hybridized carbons (Fsp3) is 0.458. The van der Waals surface area contributed by atoms with E-state index in [9.17, 15) is 35.9 Å². The maximum absolute atomic E-state index is 14.9. The molecule has 4 N–H and O–H groups in total. The molecular formula is C24H24F6N4O4. The number of carbonyl (C=O) groups is 2. The monoisotopic (exact) mass is 546 g/mol. The maximum Gasteiger partial charge on any atom is 0.417 e. The number of nitrogens with one attached hydrogen (secondary N) is 2. The van der Waals surface area contributed by atoms with Crippen LogP contribution >= 0.6 is 0 Å². The minimum atomic E-state index is -4.96. The number of primary amides is 1. The molecule has 0 radical (unpaired) electrons. The Hall–Kier alpha value is -3.39. The molecule has 0 saturated carbocycles. The Balaban J connectivity index is 1.75. The molecule has 0 unspecified atom stereocenters. The second kappa shape index (κ2) is 9.73. The summed E-state index contributed by atoms with van der Waals surface area (Å²) in [7, 11) is 0. The third-order valence-electron chi connectivity index (χ3n) is 7.01. The molecule has 206 valence electrons. The second-order valence-electron chi connectivity index (χ2n) is 9.56. The van der Waals surface area contributed by atoms with Gasteiger partial charge in [0.25, 0.3) is 11.8 Å². The standard InChI is InChI=1S/C24H24F6N4O4/c1-11-16(13-3-4-14(25)17(26)18(13)37-10-23(27)8-32-9-23)19(38-22(11,2)24(28,29)30)21(36)34-12-5-6-33-15(7-12)20(31)35/h3-7,11,16,19,32H,8-10H2,1-2H3,(H2,31,35)(H,33,34,36)/t11-,16-,19+,22+/m0/s1. The van der Waals surface area contributed by atoms with Gasteiger partial charge in [0.05, 0.1) is 0 Å². The number of hydrogen-bond acceptors (Lipinski definition) is 6. The van der Waals surface area contributed by atoms with Crippen molar-refractivity contribution in [1.82, 2.24) is 10.3 Å². The van der Waals surface area contributed by atoms with Crippen molar-refractivity contribution in [2.75, 3.05) is 25.0 Å². The molecule has 0 bridgehead atoms. The largest absolute Gasteiger partial charge is 0.487 e. The zero-order chi connectivity index (χ0) is 28.0. The van der Waals surface area contributed by atoms with Crippen molar-refractivity contribution in [3.63, 3.8) is 0 Å². The molecule has 38 heavy (non-hydrogen) atoms. The lowest BCUT2D eigenvalue weighted by atomic mass is 9.77. The Morgan fingerprint density at radius 1 is 1.26 bits per heavy atom. The quantitative estimate of drug-likeness (QED) is 0.460. The molecule has 2 aliphatic rings. The van der Waals surface area contributed by atoms with Gasteiger partial charge in [-0.1, -0.05) is 13.0 Å². The molecule has 3 heterocycles. The summed E-state index contributed by atoms with van der Waals surface area (Å²) < 4.78 is 96.7. The fourth-order valence-electron chi connectivity index (χ4n) is 4.54. The van der Waals surface area contributed by atoms with Crippen molar-refractivity contribution in [3.8, 4) is 5.75 Å². The first-order chi connectivity index (χ1) is 17.7. The van der Waals surface area contributed by atoms with Gasteiger partial charge in [-0.15, -0.1) is 0 Å². The Morgan fingerprint density at radius 2 is 1.95 bits per heavy atom. The lowest BCUT2D eigenvalue weighted by Gasteiger charge is -2.35. The van der Waals surface area contributed by atoms with Gasteiger partial charge >= 0.3 is 6.18 Å². The Kier molecular flexibility index (Phi) is 7.08. The number of nitrogens with zero attached hydrogens (tertiary/aromatic N) is 1. The zero-order valence-electron chi connectivity index (χ0n) is 20.2. The molecule has 1 aromatic carbocycles. The van der Waals surface area contributed by atoms with Gasteiger partial charge in [0.2, 0.25) is 5.82 Å². The Bertz CT molecular complexity index is 1250. The number of anilines is 1. The summed E-state index contributed by atoms with van der Waals surface area (Å²) in [5.41, 5.74) is -0.123. The molecule has 4 atom stereocenters. The maximum atomic E-state index is 14.9. The second-order valence-corrected chi connectivity index (χ2v) is 9.56. The third kappa shape index (κ3) is 4.89. The van der Waals surface area contributed by atoms with Gasteiger partial charge in [0.15, 0.2) is 22.8 Å². The van der Waals surface area contributed by atoms with E-state index in [1.165, 1.54) is 6.07 Å². The van der Waals surface area contributed by atoms with Crippen LogP contribution in [0.2, 0.25) is 0 Å². The summed E-state index contributed by atoms with van der Waals surface area (Å²) in [4.78, 5) is 28.4. The third-order valence-corrected chi connectivity index (χ3v) is 7.01. The number of benzene rings is 1. The number of alkyl halides is 4. The summed E-state index contributed by atoms with van der Waals surface area (Å²) in [6.07, 6.45) is -5.69. The van der Waals surface area contributed by atoms with Crippen molar-refractivity contribution < 1.29 is 45.4 Å². The van der Waals surface area contributed by atoms with Crippen LogP contribution in [-0.4, -0.2) is 60.0 Å². The van der Waals surface area contributed by atoms with Gasteiger partial charge in [-0.3, -0.25) is 14.6 Å². The highest BCUT2D eigenvalue weighted by molar-refractivity contribution is 5.97. The highest BCUT2D eigenvalue weighted by atomic mass is 19.4. The Labute approximate surface area is 212 Å². The van der Waals surface area contributed by atoms with Gasteiger partial charge in [-0.25, -0.2) is 8.78 Å². The lowest BCUT2D eigenvalue weighted by Crippen LogP contribution is -2.59. The van der Waals surface area contributed by atoms with Crippen molar-refractivity contribution in [1.29, 1.82) is 0 Å². The number of rotatable bonds is 7. The van der Waals surface area contributed by atoms with E-state index in [1.807, 2.05) is 0 Å². The molecule has 2 saturated heterocycles. The fourth-order valence-corrected chi connectivity index (χ4v) is 4.54.